The lowest BCUT2D eigenvalue weighted by Gasteiger charge is -2.14. The molecule has 1 saturated carbocycles. The number of aryl methyl sites for hydroxylation is 1. The van der Waals surface area contributed by atoms with E-state index in [0.29, 0.717) is 24.6 Å². The van der Waals surface area contributed by atoms with E-state index in [4.69, 9.17) is 4.74 Å². The summed E-state index contributed by atoms with van der Waals surface area (Å²) in [4.78, 5) is 0. The van der Waals surface area contributed by atoms with Gasteiger partial charge in [-0.2, -0.15) is 0 Å². The van der Waals surface area contributed by atoms with Gasteiger partial charge in [-0.25, -0.2) is 0 Å². The minimum atomic E-state index is -0.457. The second-order valence-electron chi connectivity index (χ2n) is 6.12. The van der Waals surface area contributed by atoms with Crippen molar-refractivity contribution < 1.29 is 9.84 Å². The van der Waals surface area contributed by atoms with E-state index >= 15 is 0 Å². The van der Waals surface area contributed by atoms with Crippen molar-refractivity contribution >= 4 is 0 Å². The molecule has 1 aliphatic rings. The maximum atomic E-state index is 9.90. The molecule has 3 nitrogen and oxygen atoms in total. The summed E-state index contributed by atoms with van der Waals surface area (Å²) in [5, 5.41) is 13.3. The summed E-state index contributed by atoms with van der Waals surface area (Å²) in [6.07, 6.45) is 1.73. The molecular formula is C16H25NO2. The lowest BCUT2D eigenvalue weighted by atomic mass is 10.2. The van der Waals surface area contributed by atoms with Crippen LogP contribution in [0.5, 0.6) is 5.75 Å². The average molecular weight is 263 g/mol. The Kier molecular flexibility index (Phi) is 4.48. The highest BCUT2D eigenvalue weighted by molar-refractivity contribution is 5.28. The van der Waals surface area contributed by atoms with E-state index in [1.807, 2.05) is 18.2 Å². The summed E-state index contributed by atoms with van der Waals surface area (Å²) in [6, 6.07) is 8.59. The largest absolute Gasteiger partial charge is 0.491 e. The molecular weight excluding hydrogens is 238 g/mol. The fraction of sp³-hybridized carbons (Fsp3) is 0.625. The third-order valence-electron chi connectivity index (χ3n) is 3.86. The quantitative estimate of drug-likeness (QED) is 0.793. The first-order valence-corrected chi connectivity index (χ1v) is 7.14. The van der Waals surface area contributed by atoms with Crippen molar-refractivity contribution in [3.63, 3.8) is 0 Å². The molecule has 1 aromatic carbocycles. The molecule has 19 heavy (non-hydrogen) atoms. The summed E-state index contributed by atoms with van der Waals surface area (Å²) in [5.41, 5.74) is 1.65. The fourth-order valence-corrected chi connectivity index (χ4v) is 2.20. The summed E-state index contributed by atoms with van der Waals surface area (Å²) < 4.78 is 5.62. The molecule has 2 rings (SSSR count). The molecule has 106 valence electrons. The Morgan fingerprint density at radius 1 is 1.47 bits per heavy atom. The zero-order valence-electron chi connectivity index (χ0n) is 12.1. The van der Waals surface area contributed by atoms with Crippen LogP contribution in [0.3, 0.4) is 0 Å². The highest BCUT2D eigenvalue weighted by atomic mass is 16.5. The van der Waals surface area contributed by atoms with Gasteiger partial charge in [0.05, 0.1) is 0 Å². The Balaban J connectivity index is 1.69. The Morgan fingerprint density at radius 2 is 2.21 bits per heavy atom. The molecule has 0 heterocycles. The number of ether oxygens (including phenoxy) is 1. The van der Waals surface area contributed by atoms with Crippen molar-refractivity contribution in [1.82, 2.24) is 5.32 Å². The number of aliphatic hydroxyl groups excluding tert-OH is 1. The van der Waals surface area contributed by atoms with E-state index in [1.165, 1.54) is 12.0 Å². The molecule has 3 heteroatoms. The fourth-order valence-electron chi connectivity index (χ4n) is 2.20. The Labute approximate surface area is 116 Å². The maximum Gasteiger partial charge on any atom is 0.119 e. The van der Waals surface area contributed by atoms with Gasteiger partial charge < -0.3 is 15.2 Å². The Bertz CT molecular complexity index is 417. The molecule has 2 N–H and O–H groups in total. The summed E-state index contributed by atoms with van der Waals surface area (Å²) >= 11 is 0. The molecule has 0 amide bonds. The SMILES string of the molecule is CCc1cccc(OCC(O)CNC2CC2(C)C)c1. The van der Waals surface area contributed by atoms with Crippen LogP contribution >= 0.6 is 0 Å². The molecule has 1 aromatic rings. The third kappa shape index (κ3) is 4.22. The van der Waals surface area contributed by atoms with Gasteiger partial charge in [-0.3, -0.25) is 0 Å². The van der Waals surface area contributed by atoms with Gasteiger partial charge in [-0.1, -0.05) is 32.9 Å². The highest BCUT2D eigenvalue weighted by Gasteiger charge is 2.45. The van der Waals surface area contributed by atoms with Crippen LogP contribution in [0.2, 0.25) is 0 Å². The monoisotopic (exact) mass is 263 g/mol. The molecule has 0 spiro atoms. The molecule has 0 aliphatic heterocycles. The normalized spacial score (nSPS) is 22.0. The lowest BCUT2D eigenvalue weighted by Crippen LogP contribution is -2.34. The topological polar surface area (TPSA) is 41.5 Å². The van der Waals surface area contributed by atoms with Crippen molar-refractivity contribution in [3.8, 4) is 5.75 Å². The van der Waals surface area contributed by atoms with Crippen LogP contribution in [0.4, 0.5) is 0 Å². The van der Waals surface area contributed by atoms with Gasteiger partial charge in [0.25, 0.3) is 0 Å². The first kappa shape index (κ1) is 14.4. The van der Waals surface area contributed by atoms with E-state index in [-0.39, 0.29) is 0 Å². The van der Waals surface area contributed by atoms with E-state index < -0.39 is 6.10 Å². The molecule has 1 aliphatic carbocycles. The lowest BCUT2D eigenvalue weighted by molar-refractivity contribution is 0.105. The number of rotatable bonds is 7. The van der Waals surface area contributed by atoms with Crippen LogP contribution in [0.25, 0.3) is 0 Å². The van der Waals surface area contributed by atoms with Gasteiger partial charge >= 0.3 is 0 Å². The molecule has 0 radical (unpaired) electrons. The first-order chi connectivity index (χ1) is 9.01. The number of aliphatic hydroxyl groups is 1. The van der Waals surface area contributed by atoms with Crippen molar-refractivity contribution in [2.75, 3.05) is 13.2 Å². The minimum absolute atomic E-state index is 0.341. The van der Waals surface area contributed by atoms with Gasteiger partial charge in [-0.15, -0.1) is 0 Å². The predicted molar refractivity (Wildman–Crippen MR) is 77.5 cm³/mol. The predicted octanol–water partition coefficient (Wildman–Crippen LogP) is 2.38. The zero-order valence-corrected chi connectivity index (χ0v) is 12.1. The number of nitrogens with one attached hydrogen (secondary N) is 1. The van der Waals surface area contributed by atoms with Gasteiger partial charge in [-0.05, 0) is 36.0 Å². The zero-order chi connectivity index (χ0) is 13.9. The van der Waals surface area contributed by atoms with Gasteiger partial charge in [0.2, 0.25) is 0 Å². The Morgan fingerprint density at radius 3 is 2.84 bits per heavy atom. The van der Waals surface area contributed by atoms with Gasteiger partial charge in [0.1, 0.15) is 18.5 Å². The Hall–Kier alpha value is -1.06. The van der Waals surface area contributed by atoms with Crippen LogP contribution in [0.15, 0.2) is 24.3 Å². The molecule has 0 saturated heterocycles. The third-order valence-corrected chi connectivity index (χ3v) is 3.86. The van der Waals surface area contributed by atoms with E-state index in [9.17, 15) is 5.11 Å². The number of benzene rings is 1. The van der Waals surface area contributed by atoms with Crippen LogP contribution in [0, 0.1) is 5.41 Å². The highest BCUT2D eigenvalue weighted by Crippen LogP contribution is 2.44. The molecule has 0 bridgehead atoms. The number of hydrogen-bond donors (Lipinski definition) is 2. The van der Waals surface area contributed by atoms with Crippen molar-refractivity contribution in [3.05, 3.63) is 29.8 Å². The van der Waals surface area contributed by atoms with E-state index in [0.717, 1.165) is 12.2 Å². The maximum absolute atomic E-state index is 9.90. The average Bonchev–Trinajstić information content (AvgIpc) is 3.02. The van der Waals surface area contributed by atoms with Gasteiger partial charge in [0.15, 0.2) is 0 Å². The first-order valence-electron chi connectivity index (χ1n) is 7.14. The summed E-state index contributed by atoms with van der Waals surface area (Å²) in [6.45, 7) is 7.54. The van der Waals surface area contributed by atoms with E-state index in [1.54, 1.807) is 0 Å². The standard InChI is InChI=1S/C16H25NO2/c1-4-12-6-5-7-14(8-12)19-11-13(18)10-17-15-9-16(15,2)3/h5-8,13,15,17-18H,4,9-11H2,1-3H3. The smallest absolute Gasteiger partial charge is 0.119 e. The molecule has 0 aromatic heterocycles. The van der Waals surface area contributed by atoms with Crippen LogP contribution < -0.4 is 10.1 Å². The molecule has 2 unspecified atom stereocenters. The van der Waals surface area contributed by atoms with Crippen molar-refractivity contribution in [1.29, 1.82) is 0 Å². The van der Waals surface area contributed by atoms with Crippen molar-refractivity contribution in [2.24, 2.45) is 5.41 Å². The van der Waals surface area contributed by atoms with Crippen molar-refractivity contribution in [2.45, 2.75) is 45.8 Å². The van der Waals surface area contributed by atoms with E-state index in [2.05, 4.69) is 32.2 Å². The van der Waals surface area contributed by atoms with Crippen LogP contribution in [0.1, 0.15) is 32.8 Å². The second kappa shape index (κ2) is 5.93. The second-order valence-corrected chi connectivity index (χ2v) is 6.12. The van der Waals surface area contributed by atoms with Gasteiger partial charge in [0, 0.05) is 12.6 Å². The molecule has 2 atom stereocenters. The number of hydrogen-bond acceptors (Lipinski definition) is 3. The summed E-state index contributed by atoms with van der Waals surface area (Å²) in [7, 11) is 0. The minimum Gasteiger partial charge on any atom is -0.491 e. The summed E-state index contributed by atoms with van der Waals surface area (Å²) in [5.74, 6) is 0.838. The van der Waals surface area contributed by atoms with Crippen LogP contribution in [-0.2, 0) is 6.42 Å². The molecule has 1 fully saturated rings. The van der Waals surface area contributed by atoms with Crippen LogP contribution in [-0.4, -0.2) is 30.4 Å².